The summed E-state index contributed by atoms with van der Waals surface area (Å²) in [5, 5.41) is 2.74. The highest BCUT2D eigenvalue weighted by Crippen LogP contribution is 2.25. The van der Waals surface area contributed by atoms with Gasteiger partial charge in [-0.1, -0.05) is 19.4 Å². The molecule has 5 heteroatoms. The number of nitrogens with one attached hydrogen (secondary N) is 1. The molecule has 1 saturated heterocycles. The number of rotatable bonds is 3. The van der Waals surface area contributed by atoms with Crippen LogP contribution in [0.4, 0.5) is 14.9 Å². The van der Waals surface area contributed by atoms with Crippen molar-refractivity contribution >= 4 is 11.7 Å². The number of likely N-dealkylation sites (tertiary alicyclic amines) is 1. The Morgan fingerprint density at radius 3 is 3.00 bits per heavy atom. The third-order valence-corrected chi connectivity index (χ3v) is 4.01. The summed E-state index contributed by atoms with van der Waals surface area (Å²) in [6.45, 7) is 3.34. The Kier molecular flexibility index (Phi) is 4.95. The highest BCUT2D eigenvalue weighted by atomic mass is 19.1. The zero-order valence-corrected chi connectivity index (χ0v) is 11.8. The lowest BCUT2D eigenvalue weighted by Gasteiger charge is -2.38. The van der Waals surface area contributed by atoms with E-state index in [1.807, 2.05) is 0 Å². The van der Waals surface area contributed by atoms with E-state index in [-0.39, 0.29) is 17.9 Å². The minimum absolute atomic E-state index is 0.0715. The topological polar surface area (TPSA) is 58.4 Å². The van der Waals surface area contributed by atoms with Crippen molar-refractivity contribution in [3.8, 4) is 0 Å². The van der Waals surface area contributed by atoms with E-state index in [1.165, 1.54) is 12.1 Å². The van der Waals surface area contributed by atoms with Gasteiger partial charge in [0.15, 0.2) is 0 Å². The smallest absolute Gasteiger partial charge is 0.322 e. The molecule has 1 aliphatic rings. The Morgan fingerprint density at radius 2 is 2.35 bits per heavy atom. The molecule has 2 amide bonds. The fraction of sp³-hybridized carbons (Fsp3) is 0.533. The zero-order valence-electron chi connectivity index (χ0n) is 11.8. The maximum atomic E-state index is 13.1. The molecule has 4 nitrogen and oxygen atoms in total. The first-order chi connectivity index (χ1) is 9.63. The van der Waals surface area contributed by atoms with Crippen LogP contribution in [0.3, 0.4) is 0 Å². The second-order valence-corrected chi connectivity index (χ2v) is 5.32. The van der Waals surface area contributed by atoms with E-state index >= 15 is 0 Å². The van der Waals surface area contributed by atoms with Gasteiger partial charge in [0.25, 0.3) is 0 Å². The first-order valence-corrected chi connectivity index (χ1v) is 7.17. The van der Waals surface area contributed by atoms with Crippen LogP contribution in [-0.2, 0) is 0 Å². The number of nitrogens with two attached hydrogens (primary N) is 1. The SMILES string of the molecule is CCC1CCN(C(=O)Nc2cccc(F)c2)C(CN)C1. The van der Waals surface area contributed by atoms with Gasteiger partial charge in [0.05, 0.1) is 0 Å². The van der Waals surface area contributed by atoms with Crippen LogP contribution in [0.1, 0.15) is 26.2 Å². The van der Waals surface area contributed by atoms with Gasteiger partial charge in [-0.3, -0.25) is 0 Å². The number of urea groups is 1. The number of hydrogen-bond donors (Lipinski definition) is 2. The van der Waals surface area contributed by atoms with Crippen LogP contribution in [0.5, 0.6) is 0 Å². The van der Waals surface area contributed by atoms with Crippen molar-refractivity contribution in [2.45, 2.75) is 32.2 Å². The van der Waals surface area contributed by atoms with Crippen molar-refractivity contribution in [2.75, 3.05) is 18.4 Å². The van der Waals surface area contributed by atoms with Gasteiger partial charge in [-0.05, 0) is 37.0 Å². The molecular weight excluding hydrogens is 257 g/mol. The molecule has 20 heavy (non-hydrogen) atoms. The first-order valence-electron chi connectivity index (χ1n) is 7.17. The number of carbonyl (C=O) groups is 1. The summed E-state index contributed by atoms with van der Waals surface area (Å²) in [5.41, 5.74) is 6.26. The van der Waals surface area contributed by atoms with Gasteiger partial charge in [-0.25, -0.2) is 9.18 Å². The second kappa shape index (κ2) is 6.70. The van der Waals surface area contributed by atoms with Gasteiger partial charge in [0.1, 0.15) is 5.82 Å². The largest absolute Gasteiger partial charge is 0.328 e. The molecule has 1 heterocycles. The fourth-order valence-electron chi connectivity index (χ4n) is 2.76. The molecule has 0 aliphatic carbocycles. The molecule has 0 aromatic heterocycles. The lowest BCUT2D eigenvalue weighted by atomic mass is 9.89. The van der Waals surface area contributed by atoms with Crippen molar-refractivity contribution in [2.24, 2.45) is 11.7 Å². The van der Waals surface area contributed by atoms with Crippen molar-refractivity contribution in [3.05, 3.63) is 30.1 Å². The molecule has 1 aromatic rings. The normalized spacial score (nSPS) is 22.6. The number of nitrogens with zero attached hydrogens (tertiary/aromatic N) is 1. The second-order valence-electron chi connectivity index (χ2n) is 5.32. The summed E-state index contributed by atoms with van der Waals surface area (Å²) in [6, 6.07) is 5.80. The van der Waals surface area contributed by atoms with Gasteiger partial charge in [-0.2, -0.15) is 0 Å². The predicted octanol–water partition coefficient (Wildman–Crippen LogP) is 2.81. The third kappa shape index (κ3) is 3.48. The molecule has 2 atom stereocenters. The van der Waals surface area contributed by atoms with Crippen molar-refractivity contribution < 1.29 is 9.18 Å². The number of piperidine rings is 1. The zero-order chi connectivity index (χ0) is 14.5. The van der Waals surface area contributed by atoms with Crippen LogP contribution in [-0.4, -0.2) is 30.1 Å². The summed E-state index contributed by atoms with van der Waals surface area (Å²) < 4.78 is 13.1. The quantitative estimate of drug-likeness (QED) is 0.894. The van der Waals surface area contributed by atoms with Crippen LogP contribution in [0, 0.1) is 11.7 Å². The Hall–Kier alpha value is -1.62. The highest BCUT2D eigenvalue weighted by molar-refractivity contribution is 5.89. The number of hydrogen-bond acceptors (Lipinski definition) is 2. The summed E-state index contributed by atoms with van der Waals surface area (Å²) >= 11 is 0. The van der Waals surface area contributed by atoms with Crippen molar-refractivity contribution in [3.63, 3.8) is 0 Å². The highest BCUT2D eigenvalue weighted by Gasteiger charge is 2.29. The molecule has 1 aliphatic heterocycles. The van der Waals surface area contributed by atoms with E-state index in [4.69, 9.17) is 5.73 Å². The van der Waals surface area contributed by atoms with Crippen LogP contribution >= 0.6 is 0 Å². The van der Waals surface area contributed by atoms with Gasteiger partial charge < -0.3 is 16.0 Å². The van der Waals surface area contributed by atoms with E-state index in [0.717, 1.165) is 19.3 Å². The monoisotopic (exact) mass is 279 g/mol. The lowest BCUT2D eigenvalue weighted by molar-refractivity contribution is 0.138. The van der Waals surface area contributed by atoms with E-state index in [9.17, 15) is 9.18 Å². The summed E-state index contributed by atoms with van der Waals surface area (Å²) in [5.74, 6) is 0.282. The summed E-state index contributed by atoms with van der Waals surface area (Å²) in [6.07, 6.45) is 3.07. The number of benzene rings is 1. The minimum Gasteiger partial charge on any atom is -0.328 e. The molecule has 0 spiro atoms. The van der Waals surface area contributed by atoms with Crippen molar-refractivity contribution in [1.82, 2.24) is 4.90 Å². The van der Waals surface area contributed by atoms with E-state index in [1.54, 1.807) is 17.0 Å². The van der Waals surface area contributed by atoms with Crippen LogP contribution in [0.2, 0.25) is 0 Å². The van der Waals surface area contributed by atoms with E-state index in [0.29, 0.717) is 24.7 Å². The van der Waals surface area contributed by atoms with Gasteiger partial charge in [0, 0.05) is 24.8 Å². The molecule has 3 N–H and O–H groups in total. The maximum absolute atomic E-state index is 13.1. The lowest BCUT2D eigenvalue weighted by Crippen LogP contribution is -2.51. The summed E-state index contributed by atoms with van der Waals surface area (Å²) in [4.78, 5) is 14.1. The Balaban J connectivity index is 2.01. The number of amides is 2. The average molecular weight is 279 g/mol. The molecule has 0 bridgehead atoms. The molecular formula is C15H22FN3O. The predicted molar refractivity (Wildman–Crippen MR) is 78.0 cm³/mol. The molecule has 2 unspecified atom stereocenters. The average Bonchev–Trinajstić information content (AvgIpc) is 2.46. The maximum Gasteiger partial charge on any atom is 0.322 e. The first kappa shape index (κ1) is 14.8. The van der Waals surface area contributed by atoms with Gasteiger partial charge in [0.2, 0.25) is 0 Å². The van der Waals surface area contributed by atoms with Crippen LogP contribution in [0.15, 0.2) is 24.3 Å². The van der Waals surface area contributed by atoms with Crippen molar-refractivity contribution in [1.29, 1.82) is 0 Å². The van der Waals surface area contributed by atoms with Crippen LogP contribution in [0.25, 0.3) is 0 Å². The molecule has 0 saturated carbocycles. The molecule has 2 rings (SSSR count). The van der Waals surface area contributed by atoms with Gasteiger partial charge in [-0.15, -0.1) is 0 Å². The van der Waals surface area contributed by atoms with Crippen LogP contribution < -0.4 is 11.1 Å². The Bertz CT molecular complexity index is 466. The Morgan fingerprint density at radius 1 is 1.55 bits per heavy atom. The molecule has 0 radical (unpaired) electrons. The Labute approximate surface area is 119 Å². The van der Waals surface area contributed by atoms with E-state index < -0.39 is 0 Å². The molecule has 1 fully saturated rings. The molecule has 1 aromatic carbocycles. The standard InChI is InChI=1S/C15H22FN3O/c1-2-11-6-7-19(14(8-11)10-17)15(20)18-13-5-3-4-12(16)9-13/h3-5,9,11,14H,2,6-8,10,17H2,1H3,(H,18,20). The number of halogens is 1. The minimum atomic E-state index is -0.358. The van der Waals surface area contributed by atoms with Gasteiger partial charge >= 0.3 is 6.03 Å². The third-order valence-electron chi connectivity index (χ3n) is 4.01. The van der Waals surface area contributed by atoms with E-state index in [2.05, 4.69) is 12.2 Å². The number of anilines is 1. The summed E-state index contributed by atoms with van der Waals surface area (Å²) in [7, 11) is 0. The molecule has 110 valence electrons. The fourth-order valence-corrected chi connectivity index (χ4v) is 2.76. The number of carbonyl (C=O) groups excluding carboxylic acids is 1.